The molecule has 1 heterocycles. The fraction of sp³-hybridized carbons (Fsp3) is 0.700. The van der Waals surface area contributed by atoms with Crippen LogP contribution in [0.4, 0.5) is 17.6 Å². The van der Waals surface area contributed by atoms with E-state index in [0.29, 0.717) is 6.54 Å². The van der Waals surface area contributed by atoms with Gasteiger partial charge in [-0.1, -0.05) is 13.8 Å². The molecule has 0 aliphatic carbocycles. The Morgan fingerprint density at radius 3 is 2.56 bits per heavy atom. The third kappa shape index (κ3) is 3.27. The molecule has 0 saturated carbocycles. The van der Waals surface area contributed by atoms with Gasteiger partial charge in [0, 0.05) is 6.54 Å². The van der Waals surface area contributed by atoms with Crippen molar-refractivity contribution < 1.29 is 22.4 Å². The van der Waals surface area contributed by atoms with Gasteiger partial charge in [-0.3, -0.25) is 4.79 Å². The van der Waals surface area contributed by atoms with Gasteiger partial charge >= 0.3 is 12.3 Å². The van der Waals surface area contributed by atoms with E-state index in [1.54, 1.807) is 0 Å². The van der Waals surface area contributed by atoms with E-state index in [4.69, 9.17) is 0 Å². The van der Waals surface area contributed by atoms with Crippen LogP contribution in [0.15, 0.2) is 6.33 Å². The number of rotatable bonds is 6. The van der Waals surface area contributed by atoms with Gasteiger partial charge in [0.25, 0.3) is 0 Å². The van der Waals surface area contributed by atoms with Crippen LogP contribution in [0.5, 0.6) is 0 Å². The summed E-state index contributed by atoms with van der Waals surface area (Å²) in [5, 5.41) is 3.76. The van der Waals surface area contributed by atoms with Crippen LogP contribution in [0, 0.1) is 5.92 Å². The fourth-order valence-corrected chi connectivity index (χ4v) is 1.31. The normalized spacial score (nSPS) is 12.4. The molecule has 1 aromatic heterocycles. The van der Waals surface area contributed by atoms with Gasteiger partial charge in [-0.05, 0) is 5.92 Å². The summed E-state index contributed by atoms with van der Waals surface area (Å²) < 4.78 is 50.8. The average Bonchev–Trinajstić information content (AvgIpc) is 2.64. The molecule has 0 bridgehead atoms. The van der Waals surface area contributed by atoms with Gasteiger partial charge in [-0.15, -0.1) is 0 Å². The van der Waals surface area contributed by atoms with Crippen molar-refractivity contribution in [1.29, 1.82) is 0 Å². The molecule has 1 rings (SSSR count). The summed E-state index contributed by atoms with van der Waals surface area (Å²) in [6.07, 6.45) is -3.76. The molecule has 8 heteroatoms. The summed E-state index contributed by atoms with van der Waals surface area (Å²) in [6, 6.07) is 0. The molecule has 102 valence electrons. The molecule has 0 unspecified atom stereocenters. The lowest BCUT2D eigenvalue weighted by atomic mass is 10.1. The van der Waals surface area contributed by atoms with Crippen molar-refractivity contribution in [2.75, 3.05) is 0 Å². The first-order chi connectivity index (χ1) is 8.25. The second kappa shape index (κ2) is 5.45. The lowest BCUT2D eigenvalue weighted by molar-refractivity contribution is -0.166. The number of hydrogen-bond acceptors (Lipinski definition) is 3. The van der Waals surface area contributed by atoms with Crippen LogP contribution in [0.1, 0.15) is 19.7 Å². The van der Waals surface area contributed by atoms with Gasteiger partial charge in [0.2, 0.25) is 5.78 Å². The van der Waals surface area contributed by atoms with E-state index in [1.165, 1.54) is 4.68 Å². The fourth-order valence-electron chi connectivity index (χ4n) is 1.31. The Labute approximate surface area is 101 Å². The zero-order chi connectivity index (χ0) is 13.9. The van der Waals surface area contributed by atoms with E-state index >= 15 is 0 Å². The molecule has 4 nitrogen and oxygen atoms in total. The Kier molecular flexibility index (Phi) is 4.42. The Hall–Kier alpha value is -1.47. The smallest absolute Gasteiger partial charge is 0.292 e. The molecule has 0 spiro atoms. The van der Waals surface area contributed by atoms with Crippen molar-refractivity contribution in [3.8, 4) is 0 Å². The third-order valence-corrected chi connectivity index (χ3v) is 2.20. The summed E-state index contributed by atoms with van der Waals surface area (Å²) in [5.74, 6) is -6.37. The number of halogens is 4. The highest BCUT2D eigenvalue weighted by Gasteiger charge is 2.48. The van der Waals surface area contributed by atoms with Crippen LogP contribution in [0.3, 0.4) is 0 Å². The molecule has 0 atom stereocenters. The van der Waals surface area contributed by atoms with E-state index < -0.39 is 24.6 Å². The van der Waals surface area contributed by atoms with Crippen LogP contribution in [-0.4, -0.2) is 32.9 Å². The number of alkyl halides is 4. The average molecular weight is 267 g/mol. The number of hydrogen-bond donors (Lipinski definition) is 0. The maximum atomic E-state index is 12.8. The second-order valence-electron chi connectivity index (χ2n) is 4.28. The minimum Gasteiger partial charge on any atom is -0.292 e. The maximum absolute atomic E-state index is 12.8. The quantitative estimate of drug-likeness (QED) is 0.740. The van der Waals surface area contributed by atoms with E-state index in [-0.39, 0.29) is 11.7 Å². The number of ketones is 1. The highest BCUT2D eigenvalue weighted by Crippen LogP contribution is 2.25. The van der Waals surface area contributed by atoms with E-state index in [0.717, 1.165) is 6.33 Å². The van der Waals surface area contributed by atoms with E-state index in [9.17, 15) is 22.4 Å². The van der Waals surface area contributed by atoms with Gasteiger partial charge in [-0.25, -0.2) is 18.4 Å². The lowest BCUT2D eigenvalue weighted by Crippen LogP contribution is -2.38. The molecule has 1 aromatic rings. The van der Waals surface area contributed by atoms with Crippen molar-refractivity contribution in [3.63, 3.8) is 0 Å². The van der Waals surface area contributed by atoms with E-state index in [1.807, 2.05) is 13.8 Å². The van der Waals surface area contributed by atoms with Gasteiger partial charge in [0.1, 0.15) is 12.2 Å². The molecule has 0 aliphatic heterocycles. The molecule has 18 heavy (non-hydrogen) atoms. The highest BCUT2D eigenvalue weighted by molar-refractivity contribution is 5.87. The highest BCUT2D eigenvalue weighted by atomic mass is 19.3. The van der Waals surface area contributed by atoms with Gasteiger partial charge < -0.3 is 0 Å². The maximum Gasteiger partial charge on any atom is 0.364 e. The predicted octanol–water partition coefficient (Wildman–Crippen LogP) is 1.95. The molecular weight excluding hydrogens is 254 g/mol. The molecule has 0 saturated heterocycles. The molecule has 0 aromatic carbocycles. The van der Waals surface area contributed by atoms with Crippen molar-refractivity contribution in [1.82, 2.24) is 14.8 Å². The van der Waals surface area contributed by atoms with Crippen molar-refractivity contribution >= 4 is 5.78 Å². The Balaban J connectivity index is 2.79. The zero-order valence-electron chi connectivity index (χ0n) is 9.91. The molecular formula is C10H13F4N3O. The number of carbonyl (C=O) groups is 1. The Bertz CT molecular complexity index is 417. The predicted molar refractivity (Wildman–Crippen MR) is 54.5 cm³/mol. The number of aromatic nitrogens is 3. The Morgan fingerprint density at radius 2 is 2.06 bits per heavy atom. The first kappa shape index (κ1) is 14.6. The van der Waals surface area contributed by atoms with E-state index in [2.05, 4.69) is 10.1 Å². The number of Topliss-reactive ketones (excluding diaryl/α,β-unsaturated/α-hetero) is 1. The standard InChI is InChI=1S/C10H13F4N3O/c1-6(2)4-17-8(15-5-16-17)3-7(18)10(13,14)9(11)12/h5-6,9H,3-4H2,1-2H3. The molecule has 0 fully saturated rings. The van der Waals surface area contributed by atoms with Crippen LogP contribution >= 0.6 is 0 Å². The van der Waals surface area contributed by atoms with Crippen molar-refractivity contribution in [2.24, 2.45) is 5.92 Å². The molecule has 0 N–H and O–H groups in total. The van der Waals surface area contributed by atoms with Crippen LogP contribution < -0.4 is 0 Å². The van der Waals surface area contributed by atoms with Gasteiger partial charge in [-0.2, -0.15) is 13.9 Å². The zero-order valence-corrected chi connectivity index (χ0v) is 9.91. The largest absolute Gasteiger partial charge is 0.364 e. The molecule has 0 radical (unpaired) electrons. The lowest BCUT2D eigenvalue weighted by Gasteiger charge is -2.14. The van der Waals surface area contributed by atoms with Crippen LogP contribution in [-0.2, 0) is 17.8 Å². The van der Waals surface area contributed by atoms with Gasteiger partial charge in [0.15, 0.2) is 0 Å². The third-order valence-electron chi connectivity index (χ3n) is 2.20. The number of nitrogens with zero attached hydrogens (tertiary/aromatic N) is 3. The Morgan fingerprint density at radius 1 is 1.44 bits per heavy atom. The summed E-state index contributed by atoms with van der Waals surface area (Å²) >= 11 is 0. The van der Waals surface area contributed by atoms with Crippen LogP contribution in [0.2, 0.25) is 0 Å². The minimum atomic E-state index is -4.64. The van der Waals surface area contributed by atoms with Gasteiger partial charge in [0.05, 0.1) is 6.42 Å². The summed E-state index contributed by atoms with van der Waals surface area (Å²) in [5.41, 5.74) is 0. The first-order valence-corrected chi connectivity index (χ1v) is 5.31. The summed E-state index contributed by atoms with van der Waals surface area (Å²) in [7, 11) is 0. The number of carbonyl (C=O) groups excluding carboxylic acids is 1. The van der Waals surface area contributed by atoms with Crippen LogP contribution in [0.25, 0.3) is 0 Å². The molecule has 0 aliphatic rings. The second-order valence-corrected chi connectivity index (χ2v) is 4.28. The van der Waals surface area contributed by atoms with Crippen molar-refractivity contribution in [3.05, 3.63) is 12.2 Å². The molecule has 0 amide bonds. The van der Waals surface area contributed by atoms with Crippen molar-refractivity contribution in [2.45, 2.75) is 39.2 Å². The SMILES string of the molecule is CC(C)Cn1ncnc1CC(=O)C(F)(F)C(F)F. The topological polar surface area (TPSA) is 47.8 Å². The summed E-state index contributed by atoms with van der Waals surface area (Å²) in [6.45, 7) is 4.10. The monoisotopic (exact) mass is 267 g/mol. The first-order valence-electron chi connectivity index (χ1n) is 5.31. The summed E-state index contributed by atoms with van der Waals surface area (Å²) in [4.78, 5) is 14.7. The minimum absolute atomic E-state index is 0.0333.